The Morgan fingerprint density at radius 2 is 2.09 bits per heavy atom. The van der Waals surface area contributed by atoms with Gasteiger partial charge in [-0.15, -0.1) is 0 Å². The minimum atomic E-state index is -0.811. The first-order valence-corrected chi connectivity index (χ1v) is 7.59. The van der Waals surface area contributed by atoms with Gasteiger partial charge in [-0.25, -0.2) is 9.82 Å². The van der Waals surface area contributed by atoms with Crippen LogP contribution in [0.5, 0.6) is 11.5 Å². The highest BCUT2D eigenvalue weighted by molar-refractivity contribution is 9.10. The number of para-hydroxylation sites is 2. The molecular formula is C16H12BrFN2O3. The number of amides is 1. The second-order valence-corrected chi connectivity index (χ2v) is 5.68. The predicted octanol–water partition coefficient (Wildman–Crippen LogP) is 2.88. The predicted molar refractivity (Wildman–Crippen MR) is 86.2 cm³/mol. The van der Waals surface area contributed by atoms with Crippen molar-refractivity contribution >= 4 is 28.1 Å². The number of benzene rings is 2. The number of halogens is 2. The van der Waals surface area contributed by atoms with Gasteiger partial charge in [-0.05, 0) is 30.3 Å². The van der Waals surface area contributed by atoms with Gasteiger partial charge in [-0.3, -0.25) is 4.79 Å². The van der Waals surface area contributed by atoms with Crippen LogP contribution >= 0.6 is 15.9 Å². The lowest BCUT2D eigenvalue weighted by Gasteiger charge is -2.24. The number of hydrogen-bond donors (Lipinski definition) is 1. The molecule has 118 valence electrons. The van der Waals surface area contributed by atoms with Gasteiger partial charge in [-0.1, -0.05) is 28.1 Å². The highest BCUT2D eigenvalue weighted by Gasteiger charge is 2.26. The molecule has 0 fully saturated rings. The maximum atomic E-state index is 13.5. The van der Waals surface area contributed by atoms with E-state index in [4.69, 9.17) is 9.47 Å². The molecule has 1 aliphatic rings. The maximum Gasteiger partial charge on any atom is 0.284 e. The third-order valence-corrected chi connectivity index (χ3v) is 3.63. The van der Waals surface area contributed by atoms with E-state index in [1.165, 1.54) is 12.3 Å². The molecule has 1 N–H and O–H groups in total. The molecule has 0 aromatic heterocycles. The first-order valence-electron chi connectivity index (χ1n) is 6.80. The summed E-state index contributed by atoms with van der Waals surface area (Å²) in [6, 6.07) is 11.5. The topological polar surface area (TPSA) is 59.9 Å². The molecule has 0 aliphatic carbocycles. The van der Waals surface area contributed by atoms with Crippen LogP contribution in [0.3, 0.4) is 0 Å². The average Bonchev–Trinajstić information content (AvgIpc) is 2.57. The second kappa shape index (κ2) is 6.78. The van der Waals surface area contributed by atoms with E-state index >= 15 is 0 Å². The second-order valence-electron chi connectivity index (χ2n) is 4.76. The summed E-state index contributed by atoms with van der Waals surface area (Å²) in [6.45, 7) is 0.0869. The molecule has 1 aliphatic heterocycles. The van der Waals surface area contributed by atoms with Crippen molar-refractivity contribution in [3.63, 3.8) is 0 Å². The van der Waals surface area contributed by atoms with Crippen LogP contribution in [0, 0.1) is 5.82 Å². The van der Waals surface area contributed by atoms with Crippen LogP contribution in [0.2, 0.25) is 0 Å². The summed E-state index contributed by atoms with van der Waals surface area (Å²) in [4.78, 5) is 12.0. The lowest BCUT2D eigenvalue weighted by atomic mass is 10.2. The quantitative estimate of drug-likeness (QED) is 0.659. The molecule has 0 saturated heterocycles. The molecular weight excluding hydrogens is 367 g/mol. The molecule has 0 bridgehead atoms. The number of hydrazone groups is 1. The zero-order chi connectivity index (χ0) is 16.2. The molecule has 1 heterocycles. The number of fused-ring (bicyclic) bond motifs is 1. The summed E-state index contributed by atoms with van der Waals surface area (Å²) in [5.74, 6) is 0.195. The molecule has 0 unspecified atom stereocenters. The van der Waals surface area contributed by atoms with E-state index in [2.05, 4.69) is 26.5 Å². The summed E-state index contributed by atoms with van der Waals surface area (Å²) in [5, 5.41) is 3.75. The van der Waals surface area contributed by atoms with Gasteiger partial charge in [0, 0.05) is 10.0 Å². The van der Waals surface area contributed by atoms with E-state index in [1.54, 1.807) is 30.3 Å². The van der Waals surface area contributed by atoms with Crippen molar-refractivity contribution in [3.05, 3.63) is 58.3 Å². The van der Waals surface area contributed by atoms with Gasteiger partial charge in [0.2, 0.25) is 6.10 Å². The molecule has 0 radical (unpaired) electrons. The highest BCUT2D eigenvalue weighted by Crippen LogP contribution is 2.30. The average molecular weight is 379 g/mol. The molecule has 3 rings (SSSR count). The maximum absolute atomic E-state index is 13.5. The monoisotopic (exact) mass is 378 g/mol. The molecule has 0 saturated carbocycles. The van der Waals surface area contributed by atoms with Crippen molar-refractivity contribution in [1.29, 1.82) is 0 Å². The van der Waals surface area contributed by atoms with E-state index < -0.39 is 17.8 Å². The van der Waals surface area contributed by atoms with Crippen molar-refractivity contribution in [1.82, 2.24) is 5.43 Å². The molecule has 2 aromatic rings. The van der Waals surface area contributed by atoms with E-state index in [0.717, 1.165) is 0 Å². The van der Waals surface area contributed by atoms with Crippen LogP contribution in [-0.2, 0) is 4.79 Å². The third-order valence-electron chi connectivity index (χ3n) is 3.14. The summed E-state index contributed by atoms with van der Waals surface area (Å²) >= 11 is 3.24. The molecule has 0 spiro atoms. The van der Waals surface area contributed by atoms with Gasteiger partial charge in [-0.2, -0.15) is 5.10 Å². The molecule has 2 aromatic carbocycles. The number of nitrogens with zero attached hydrogens (tertiary/aromatic N) is 1. The van der Waals surface area contributed by atoms with Crippen molar-refractivity contribution in [2.75, 3.05) is 6.61 Å². The van der Waals surface area contributed by atoms with Gasteiger partial charge in [0.1, 0.15) is 12.4 Å². The molecule has 1 amide bonds. The van der Waals surface area contributed by atoms with Crippen LogP contribution in [0.25, 0.3) is 0 Å². The van der Waals surface area contributed by atoms with Crippen LogP contribution in [-0.4, -0.2) is 24.8 Å². The standard InChI is InChI=1S/C16H12BrFN2O3/c17-11-5-6-12(18)10(7-11)8-19-20-16(21)15-9-22-13-3-1-2-4-14(13)23-15/h1-8,15H,9H2,(H,20,21)/b19-8-/t15-/m0/s1. The first kappa shape index (κ1) is 15.5. The number of hydrogen-bond acceptors (Lipinski definition) is 4. The summed E-state index contributed by atoms with van der Waals surface area (Å²) < 4.78 is 25.3. The molecule has 7 heteroatoms. The Morgan fingerprint density at radius 1 is 1.30 bits per heavy atom. The van der Waals surface area contributed by atoms with Crippen molar-refractivity contribution < 1.29 is 18.7 Å². The SMILES string of the molecule is O=C(N/N=C\c1cc(Br)ccc1F)[C@@H]1COc2ccccc2O1. The molecule has 1 atom stereocenters. The fourth-order valence-corrected chi connectivity index (χ4v) is 2.38. The van der Waals surface area contributed by atoms with E-state index in [9.17, 15) is 9.18 Å². The van der Waals surface area contributed by atoms with Gasteiger partial charge >= 0.3 is 0 Å². The lowest BCUT2D eigenvalue weighted by Crippen LogP contribution is -2.42. The van der Waals surface area contributed by atoms with Crippen molar-refractivity contribution in [2.45, 2.75) is 6.10 Å². The normalized spacial score (nSPS) is 16.3. The van der Waals surface area contributed by atoms with Gasteiger partial charge in [0.15, 0.2) is 11.5 Å². The largest absolute Gasteiger partial charge is 0.485 e. The number of carbonyl (C=O) groups excluding carboxylic acids is 1. The van der Waals surface area contributed by atoms with Crippen LogP contribution < -0.4 is 14.9 Å². The lowest BCUT2D eigenvalue weighted by molar-refractivity contribution is -0.130. The van der Waals surface area contributed by atoms with Crippen molar-refractivity contribution in [2.24, 2.45) is 5.10 Å². The van der Waals surface area contributed by atoms with Gasteiger partial charge in [0.05, 0.1) is 6.21 Å². The Hall–Kier alpha value is -2.41. The number of nitrogens with one attached hydrogen (secondary N) is 1. The Morgan fingerprint density at radius 3 is 2.91 bits per heavy atom. The third kappa shape index (κ3) is 3.68. The fourth-order valence-electron chi connectivity index (χ4n) is 2.00. The Kier molecular flexibility index (Phi) is 4.57. The Labute approximate surface area is 140 Å². The first-order chi connectivity index (χ1) is 11.1. The zero-order valence-electron chi connectivity index (χ0n) is 11.8. The number of ether oxygens (including phenoxy) is 2. The van der Waals surface area contributed by atoms with Crippen LogP contribution in [0.15, 0.2) is 52.0 Å². The fraction of sp³-hybridized carbons (Fsp3) is 0.125. The summed E-state index contributed by atoms with van der Waals surface area (Å²) in [5.41, 5.74) is 2.58. The highest BCUT2D eigenvalue weighted by atomic mass is 79.9. The van der Waals surface area contributed by atoms with Gasteiger partial charge < -0.3 is 9.47 Å². The van der Waals surface area contributed by atoms with Gasteiger partial charge in [0.25, 0.3) is 5.91 Å². The summed E-state index contributed by atoms with van der Waals surface area (Å²) in [6.07, 6.45) is 0.421. The van der Waals surface area contributed by atoms with Crippen LogP contribution in [0.4, 0.5) is 4.39 Å². The molecule has 23 heavy (non-hydrogen) atoms. The molecule has 5 nitrogen and oxygen atoms in total. The summed E-state index contributed by atoms with van der Waals surface area (Å²) in [7, 11) is 0. The van der Waals surface area contributed by atoms with E-state index in [-0.39, 0.29) is 12.2 Å². The smallest absolute Gasteiger partial charge is 0.284 e. The number of rotatable bonds is 3. The van der Waals surface area contributed by atoms with E-state index in [1.807, 2.05) is 6.07 Å². The number of carbonyl (C=O) groups is 1. The zero-order valence-corrected chi connectivity index (χ0v) is 13.4. The van der Waals surface area contributed by atoms with E-state index in [0.29, 0.717) is 16.0 Å². The minimum Gasteiger partial charge on any atom is -0.485 e. The Bertz CT molecular complexity index is 767. The van der Waals surface area contributed by atoms with Crippen molar-refractivity contribution in [3.8, 4) is 11.5 Å². The Balaban J connectivity index is 1.62. The minimum absolute atomic E-state index is 0.0869. The van der Waals surface area contributed by atoms with Crippen LogP contribution in [0.1, 0.15) is 5.56 Å².